The molecule has 5 rings (SSSR count). The number of nitro groups is 1. The number of carbonyl (C=O) groups is 1. The second kappa shape index (κ2) is 7.76. The second-order valence-electron chi connectivity index (χ2n) is 7.01. The smallest absolute Gasteiger partial charge is 0.270 e. The minimum atomic E-state index is -0.479. The first-order valence-corrected chi connectivity index (χ1v) is 9.61. The Morgan fingerprint density at radius 1 is 1.00 bits per heavy atom. The zero-order valence-corrected chi connectivity index (χ0v) is 16.4. The molecule has 0 fully saturated rings. The Morgan fingerprint density at radius 2 is 1.78 bits per heavy atom. The summed E-state index contributed by atoms with van der Waals surface area (Å²) in [6.45, 7) is 0. The van der Waals surface area contributed by atoms with Gasteiger partial charge in [0, 0.05) is 34.6 Å². The number of H-pyrrole nitrogens is 1. The molecule has 0 saturated heterocycles. The first-order chi connectivity index (χ1) is 15.6. The molecule has 3 aromatic carbocycles. The third-order valence-electron chi connectivity index (χ3n) is 5.04. The normalized spacial score (nSPS) is 13.9. The summed E-state index contributed by atoms with van der Waals surface area (Å²) in [5.41, 5.74) is 4.07. The van der Waals surface area contributed by atoms with E-state index in [1.54, 1.807) is 6.07 Å². The van der Waals surface area contributed by atoms with Crippen LogP contribution in [0.5, 0.6) is 0 Å². The van der Waals surface area contributed by atoms with Crippen LogP contribution >= 0.6 is 0 Å². The molecule has 2 heterocycles. The van der Waals surface area contributed by atoms with E-state index in [4.69, 9.17) is 0 Å². The Bertz CT molecular complexity index is 1350. The lowest BCUT2D eigenvalue weighted by Crippen LogP contribution is -2.10. The standard InChI is InChI=1S/C22H15N7O3/c30-22-19(17-12-16(29(31)32)10-11-18(17)24-22)20(13-4-2-1-3-5-13)23-15-8-6-14(7-9-15)21-25-27-28-26-21/h1-12,23H,(H,24,30)(H,25,26,27,28)/b20-19-. The highest BCUT2D eigenvalue weighted by Crippen LogP contribution is 2.39. The SMILES string of the molecule is O=C1Nc2ccc([N+](=O)[O-])cc2/C1=C(/Nc1ccc(-c2nnn[nH]2)cc1)c1ccccc1. The van der Waals surface area contributed by atoms with E-state index in [-0.39, 0.29) is 11.6 Å². The molecule has 10 nitrogen and oxygen atoms in total. The number of hydrogen-bond donors (Lipinski definition) is 3. The van der Waals surface area contributed by atoms with E-state index in [0.29, 0.717) is 28.3 Å². The molecule has 0 bridgehead atoms. The molecule has 1 aliphatic rings. The number of non-ortho nitro benzene ring substituents is 1. The van der Waals surface area contributed by atoms with Gasteiger partial charge < -0.3 is 10.6 Å². The van der Waals surface area contributed by atoms with Crippen molar-refractivity contribution >= 4 is 34.2 Å². The number of fused-ring (bicyclic) bond motifs is 1. The number of aromatic amines is 1. The van der Waals surface area contributed by atoms with Gasteiger partial charge in [-0.2, -0.15) is 0 Å². The number of aromatic nitrogens is 4. The molecule has 4 aromatic rings. The number of anilines is 2. The molecule has 0 spiro atoms. The number of carbonyl (C=O) groups excluding carboxylic acids is 1. The number of nitro benzene ring substituents is 1. The fraction of sp³-hybridized carbons (Fsp3) is 0. The highest BCUT2D eigenvalue weighted by molar-refractivity contribution is 6.37. The fourth-order valence-corrected chi connectivity index (χ4v) is 3.54. The Kier molecular flexibility index (Phi) is 4.64. The predicted molar refractivity (Wildman–Crippen MR) is 118 cm³/mol. The first-order valence-electron chi connectivity index (χ1n) is 9.61. The van der Waals surface area contributed by atoms with Crippen molar-refractivity contribution in [1.29, 1.82) is 0 Å². The third-order valence-corrected chi connectivity index (χ3v) is 5.04. The maximum absolute atomic E-state index is 12.9. The maximum Gasteiger partial charge on any atom is 0.270 e. The van der Waals surface area contributed by atoms with Crippen LogP contribution in [0, 0.1) is 10.1 Å². The van der Waals surface area contributed by atoms with Gasteiger partial charge in [0.15, 0.2) is 5.82 Å². The van der Waals surface area contributed by atoms with E-state index in [9.17, 15) is 14.9 Å². The Hall–Kier alpha value is -4.86. The van der Waals surface area contributed by atoms with Gasteiger partial charge in [-0.05, 0) is 46.3 Å². The molecule has 1 amide bonds. The topological polar surface area (TPSA) is 139 Å². The summed E-state index contributed by atoms with van der Waals surface area (Å²) in [6, 6.07) is 21.0. The van der Waals surface area contributed by atoms with Crippen LogP contribution in [0.3, 0.4) is 0 Å². The molecule has 0 radical (unpaired) electrons. The third kappa shape index (κ3) is 3.45. The van der Waals surface area contributed by atoms with Gasteiger partial charge >= 0.3 is 0 Å². The second-order valence-corrected chi connectivity index (χ2v) is 7.01. The average molecular weight is 425 g/mol. The minimum Gasteiger partial charge on any atom is -0.354 e. The van der Waals surface area contributed by atoms with Gasteiger partial charge in [-0.15, -0.1) is 5.10 Å². The number of tetrazole rings is 1. The average Bonchev–Trinajstić information content (AvgIpc) is 3.46. The lowest BCUT2D eigenvalue weighted by atomic mass is 9.99. The Balaban J connectivity index is 1.62. The van der Waals surface area contributed by atoms with Crippen LogP contribution < -0.4 is 10.6 Å². The van der Waals surface area contributed by atoms with Crippen molar-refractivity contribution < 1.29 is 9.72 Å². The molecule has 1 aromatic heterocycles. The van der Waals surface area contributed by atoms with Crippen LogP contribution in [-0.4, -0.2) is 31.5 Å². The van der Waals surface area contributed by atoms with Crippen molar-refractivity contribution in [2.45, 2.75) is 0 Å². The van der Waals surface area contributed by atoms with Gasteiger partial charge in [0.2, 0.25) is 0 Å². The quantitative estimate of drug-likeness (QED) is 0.252. The summed E-state index contributed by atoms with van der Waals surface area (Å²) in [7, 11) is 0. The minimum absolute atomic E-state index is 0.0878. The summed E-state index contributed by atoms with van der Waals surface area (Å²) >= 11 is 0. The number of amides is 1. The molecule has 3 N–H and O–H groups in total. The van der Waals surface area contributed by atoms with Crippen LogP contribution in [0.15, 0.2) is 72.8 Å². The van der Waals surface area contributed by atoms with Crippen molar-refractivity contribution in [3.63, 3.8) is 0 Å². The monoisotopic (exact) mass is 425 g/mol. The fourth-order valence-electron chi connectivity index (χ4n) is 3.54. The van der Waals surface area contributed by atoms with Crippen LogP contribution in [0.1, 0.15) is 11.1 Å². The molecular weight excluding hydrogens is 410 g/mol. The molecule has 0 aliphatic carbocycles. The number of rotatable bonds is 5. The van der Waals surface area contributed by atoms with Crippen LogP contribution in [0.2, 0.25) is 0 Å². The van der Waals surface area contributed by atoms with E-state index in [0.717, 1.165) is 16.8 Å². The van der Waals surface area contributed by atoms with Crippen molar-refractivity contribution in [2.24, 2.45) is 0 Å². The van der Waals surface area contributed by atoms with Gasteiger partial charge in [0.25, 0.3) is 11.6 Å². The Morgan fingerprint density at radius 3 is 2.47 bits per heavy atom. The van der Waals surface area contributed by atoms with Gasteiger partial charge in [0.1, 0.15) is 0 Å². The number of hydrogen-bond acceptors (Lipinski definition) is 7. The van der Waals surface area contributed by atoms with E-state index in [2.05, 4.69) is 31.3 Å². The van der Waals surface area contributed by atoms with Gasteiger partial charge in [0.05, 0.1) is 16.2 Å². The van der Waals surface area contributed by atoms with E-state index in [1.807, 2.05) is 54.6 Å². The van der Waals surface area contributed by atoms with Gasteiger partial charge in [-0.3, -0.25) is 14.9 Å². The number of benzene rings is 3. The van der Waals surface area contributed by atoms with Gasteiger partial charge in [-0.25, -0.2) is 5.10 Å². The molecular formula is C22H15N7O3. The first kappa shape index (κ1) is 19.1. The molecule has 0 atom stereocenters. The van der Waals surface area contributed by atoms with E-state index >= 15 is 0 Å². The summed E-state index contributed by atoms with van der Waals surface area (Å²) in [5, 5.41) is 31.2. The molecule has 10 heteroatoms. The molecule has 0 saturated carbocycles. The summed E-state index contributed by atoms with van der Waals surface area (Å²) in [4.78, 5) is 23.7. The molecule has 0 unspecified atom stereocenters. The van der Waals surface area contributed by atoms with Crippen molar-refractivity contribution in [2.75, 3.05) is 10.6 Å². The zero-order valence-electron chi connectivity index (χ0n) is 16.4. The lowest BCUT2D eigenvalue weighted by molar-refractivity contribution is -0.384. The molecule has 156 valence electrons. The summed E-state index contributed by atoms with van der Waals surface area (Å²) < 4.78 is 0. The molecule has 1 aliphatic heterocycles. The van der Waals surface area contributed by atoms with Crippen molar-refractivity contribution in [3.8, 4) is 11.4 Å². The maximum atomic E-state index is 12.9. The largest absolute Gasteiger partial charge is 0.354 e. The summed E-state index contributed by atoms with van der Waals surface area (Å²) in [5.74, 6) is 0.200. The Labute approximate surface area is 181 Å². The van der Waals surface area contributed by atoms with Crippen LogP contribution in [0.4, 0.5) is 17.1 Å². The summed E-state index contributed by atoms with van der Waals surface area (Å²) in [6.07, 6.45) is 0. The van der Waals surface area contributed by atoms with Crippen LogP contribution in [-0.2, 0) is 4.79 Å². The highest BCUT2D eigenvalue weighted by Gasteiger charge is 2.30. The molecule has 32 heavy (non-hydrogen) atoms. The lowest BCUT2D eigenvalue weighted by Gasteiger charge is -2.15. The zero-order chi connectivity index (χ0) is 22.1. The number of nitrogens with one attached hydrogen (secondary N) is 3. The number of nitrogens with zero attached hydrogens (tertiary/aromatic N) is 4. The van der Waals surface area contributed by atoms with Crippen molar-refractivity contribution in [3.05, 3.63) is 94.0 Å². The van der Waals surface area contributed by atoms with Gasteiger partial charge in [-0.1, -0.05) is 30.3 Å². The van der Waals surface area contributed by atoms with Crippen molar-refractivity contribution in [1.82, 2.24) is 20.6 Å². The van der Waals surface area contributed by atoms with E-state index < -0.39 is 4.92 Å². The highest BCUT2D eigenvalue weighted by atomic mass is 16.6. The predicted octanol–water partition coefficient (Wildman–Crippen LogP) is 3.71. The van der Waals surface area contributed by atoms with Crippen LogP contribution in [0.25, 0.3) is 22.7 Å². The van der Waals surface area contributed by atoms with E-state index in [1.165, 1.54) is 12.1 Å².